The van der Waals surface area contributed by atoms with E-state index >= 15 is 0 Å². The summed E-state index contributed by atoms with van der Waals surface area (Å²) in [6.45, 7) is 6.79. The van der Waals surface area contributed by atoms with Crippen LogP contribution >= 0.6 is 0 Å². The van der Waals surface area contributed by atoms with E-state index in [0.717, 1.165) is 11.1 Å². The van der Waals surface area contributed by atoms with Crippen molar-refractivity contribution in [3.05, 3.63) is 47.6 Å². The van der Waals surface area contributed by atoms with Gasteiger partial charge in [-0.1, -0.05) is 29.4 Å². The topological polar surface area (TPSA) is 103 Å². The first-order valence-electron chi connectivity index (χ1n) is 9.45. The van der Waals surface area contributed by atoms with Crippen LogP contribution < -0.4 is 0 Å². The molecule has 0 bridgehead atoms. The van der Waals surface area contributed by atoms with E-state index in [4.69, 9.17) is 9.26 Å². The number of nitrogens with zero attached hydrogens (tertiary/aromatic N) is 5. The fourth-order valence-corrected chi connectivity index (χ4v) is 4.94. The van der Waals surface area contributed by atoms with Crippen molar-refractivity contribution in [1.29, 1.82) is 0 Å². The highest BCUT2D eigenvalue weighted by molar-refractivity contribution is 7.89. The van der Waals surface area contributed by atoms with Gasteiger partial charge in [0.15, 0.2) is 6.10 Å². The van der Waals surface area contributed by atoms with Gasteiger partial charge in [-0.25, -0.2) is 8.42 Å². The van der Waals surface area contributed by atoms with Crippen molar-refractivity contribution in [3.63, 3.8) is 0 Å². The maximum Gasteiger partial charge on any atom is 0.257 e. The Labute approximate surface area is 169 Å². The molecule has 1 fully saturated rings. The Balaban J connectivity index is 1.57. The maximum atomic E-state index is 13.1. The smallest absolute Gasteiger partial charge is 0.257 e. The first-order chi connectivity index (χ1) is 13.9. The van der Waals surface area contributed by atoms with Gasteiger partial charge in [0.25, 0.3) is 5.89 Å². The standard InChI is InChI=1S/C19H23N5O4S/c1-4-23-12-17(14(3)21-23)29(25,26)24-9-10-27-16(11-24)19-20-18(22-28-19)15-8-6-5-7-13(15)2/h5-8,12,16H,4,9-11H2,1-3H3/t16-/m1/s1. The lowest BCUT2D eigenvalue weighted by atomic mass is 10.1. The third-order valence-electron chi connectivity index (χ3n) is 4.98. The highest BCUT2D eigenvalue weighted by atomic mass is 32.2. The third-order valence-corrected chi connectivity index (χ3v) is 6.94. The van der Waals surface area contributed by atoms with Gasteiger partial charge in [0.1, 0.15) is 4.90 Å². The highest BCUT2D eigenvalue weighted by Gasteiger charge is 2.35. The van der Waals surface area contributed by atoms with E-state index in [1.165, 1.54) is 4.31 Å². The summed E-state index contributed by atoms with van der Waals surface area (Å²) in [5.41, 5.74) is 2.37. The molecule has 1 atom stereocenters. The Morgan fingerprint density at radius 1 is 1.24 bits per heavy atom. The molecular formula is C19H23N5O4S. The SMILES string of the molecule is CCn1cc(S(=O)(=O)N2CCO[C@@H](c3nc(-c4ccccc4C)no3)C2)c(C)n1. The Hall–Kier alpha value is -2.56. The van der Waals surface area contributed by atoms with Gasteiger partial charge in [-0.2, -0.15) is 14.4 Å². The Morgan fingerprint density at radius 3 is 2.76 bits per heavy atom. The van der Waals surface area contributed by atoms with Crippen LogP contribution in [0.2, 0.25) is 0 Å². The average Bonchev–Trinajstić information content (AvgIpc) is 3.35. The van der Waals surface area contributed by atoms with Gasteiger partial charge in [0, 0.05) is 31.4 Å². The molecule has 0 spiro atoms. The highest BCUT2D eigenvalue weighted by Crippen LogP contribution is 2.28. The van der Waals surface area contributed by atoms with Gasteiger partial charge < -0.3 is 9.26 Å². The molecule has 0 saturated carbocycles. The molecule has 10 heteroatoms. The van der Waals surface area contributed by atoms with Crippen LogP contribution in [-0.2, 0) is 21.3 Å². The summed E-state index contributed by atoms with van der Waals surface area (Å²) in [6, 6.07) is 7.73. The average molecular weight is 417 g/mol. The Morgan fingerprint density at radius 2 is 2.03 bits per heavy atom. The van der Waals surface area contributed by atoms with Crippen LogP contribution in [0, 0.1) is 13.8 Å². The molecule has 1 aromatic carbocycles. The second-order valence-electron chi connectivity index (χ2n) is 6.93. The third kappa shape index (κ3) is 3.70. The van der Waals surface area contributed by atoms with Crippen LogP contribution in [0.15, 0.2) is 39.9 Å². The molecule has 3 aromatic rings. The van der Waals surface area contributed by atoms with Crippen molar-refractivity contribution in [2.75, 3.05) is 19.7 Å². The lowest BCUT2D eigenvalue weighted by Gasteiger charge is -2.30. The number of morpholine rings is 1. The van der Waals surface area contributed by atoms with Gasteiger partial charge in [-0.05, 0) is 26.3 Å². The number of hydrogen-bond acceptors (Lipinski definition) is 7. The number of rotatable bonds is 5. The molecule has 1 aliphatic rings. The molecule has 29 heavy (non-hydrogen) atoms. The predicted octanol–water partition coefficient (Wildman–Crippen LogP) is 2.33. The summed E-state index contributed by atoms with van der Waals surface area (Å²) in [7, 11) is -3.69. The Bertz CT molecular complexity index is 1120. The molecule has 4 rings (SSSR count). The van der Waals surface area contributed by atoms with Crippen molar-refractivity contribution < 1.29 is 17.7 Å². The fourth-order valence-electron chi connectivity index (χ4n) is 3.35. The molecule has 0 radical (unpaired) electrons. The number of hydrogen-bond donors (Lipinski definition) is 0. The van der Waals surface area contributed by atoms with Crippen LogP contribution in [0.5, 0.6) is 0 Å². The molecule has 9 nitrogen and oxygen atoms in total. The minimum absolute atomic E-state index is 0.106. The fraction of sp³-hybridized carbons (Fsp3) is 0.421. The molecule has 0 unspecified atom stereocenters. The minimum atomic E-state index is -3.69. The lowest BCUT2D eigenvalue weighted by Crippen LogP contribution is -2.42. The molecule has 0 amide bonds. The summed E-state index contributed by atoms with van der Waals surface area (Å²) in [5, 5.41) is 8.30. The van der Waals surface area contributed by atoms with E-state index in [0.29, 0.717) is 18.1 Å². The molecule has 3 heterocycles. The number of sulfonamides is 1. The summed E-state index contributed by atoms with van der Waals surface area (Å²) >= 11 is 0. The number of ether oxygens (including phenoxy) is 1. The first kappa shape index (κ1) is 19.7. The van der Waals surface area contributed by atoms with E-state index < -0.39 is 16.1 Å². The largest absolute Gasteiger partial charge is 0.366 e. The van der Waals surface area contributed by atoms with Gasteiger partial charge in [0.05, 0.1) is 12.3 Å². The summed E-state index contributed by atoms with van der Waals surface area (Å²) in [5.74, 6) is 0.728. The van der Waals surface area contributed by atoms with Crippen LogP contribution in [0.3, 0.4) is 0 Å². The number of aromatic nitrogens is 4. The summed E-state index contributed by atoms with van der Waals surface area (Å²) < 4.78 is 40.4. The van der Waals surface area contributed by atoms with Crippen molar-refractivity contribution in [2.45, 2.75) is 38.3 Å². The Kier molecular flexibility index (Phi) is 5.24. The summed E-state index contributed by atoms with van der Waals surface area (Å²) in [6.07, 6.45) is 0.948. The minimum Gasteiger partial charge on any atom is -0.366 e. The van der Waals surface area contributed by atoms with E-state index in [2.05, 4.69) is 15.2 Å². The van der Waals surface area contributed by atoms with Crippen molar-refractivity contribution >= 4 is 10.0 Å². The molecule has 154 valence electrons. The van der Waals surface area contributed by atoms with Crippen molar-refractivity contribution in [3.8, 4) is 11.4 Å². The van der Waals surface area contributed by atoms with E-state index in [9.17, 15) is 8.42 Å². The van der Waals surface area contributed by atoms with Gasteiger partial charge >= 0.3 is 0 Å². The van der Waals surface area contributed by atoms with E-state index in [1.54, 1.807) is 17.8 Å². The van der Waals surface area contributed by atoms with Crippen LogP contribution in [0.4, 0.5) is 0 Å². The van der Waals surface area contributed by atoms with Crippen molar-refractivity contribution in [2.24, 2.45) is 0 Å². The molecule has 0 aliphatic carbocycles. The maximum absolute atomic E-state index is 13.1. The first-order valence-corrected chi connectivity index (χ1v) is 10.9. The number of benzene rings is 1. The van der Waals surface area contributed by atoms with E-state index in [1.807, 2.05) is 38.1 Å². The normalized spacial score (nSPS) is 18.2. The van der Waals surface area contributed by atoms with Crippen molar-refractivity contribution in [1.82, 2.24) is 24.2 Å². The predicted molar refractivity (Wildman–Crippen MR) is 105 cm³/mol. The van der Waals surface area contributed by atoms with E-state index in [-0.39, 0.29) is 30.5 Å². The van der Waals surface area contributed by atoms with Gasteiger partial charge in [0.2, 0.25) is 15.8 Å². The molecular weight excluding hydrogens is 394 g/mol. The second kappa shape index (κ2) is 7.69. The molecule has 1 saturated heterocycles. The van der Waals surface area contributed by atoms with Crippen LogP contribution in [0.1, 0.15) is 30.2 Å². The molecule has 0 N–H and O–H groups in total. The van der Waals surface area contributed by atoms with Gasteiger partial charge in [-0.15, -0.1) is 0 Å². The molecule has 2 aromatic heterocycles. The zero-order chi connectivity index (χ0) is 20.6. The van der Waals surface area contributed by atoms with Crippen LogP contribution in [-0.4, -0.2) is 52.3 Å². The quantitative estimate of drug-likeness (QED) is 0.627. The van der Waals surface area contributed by atoms with Gasteiger partial charge in [-0.3, -0.25) is 4.68 Å². The number of aryl methyl sites for hydroxylation is 3. The van der Waals surface area contributed by atoms with Crippen LogP contribution in [0.25, 0.3) is 11.4 Å². The molecule has 1 aliphatic heterocycles. The monoisotopic (exact) mass is 417 g/mol. The zero-order valence-corrected chi connectivity index (χ0v) is 17.4. The summed E-state index contributed by atoms with van der Waals surface area (Å²) in [4.78, 5) is 4.66. The zero-order valence-electron chi connectivity index (χ0n) is 16.6. The second-order valence-corrected chi connectivity index (χ2v) is 8.83. The lowest BCUT2D eigenvalue weighted by molar-refractivity contribution is -0.0199.